The third kappa shape index (κ3) is 2.61. The van der Waals surface area contributed by atoms with Crippen molar-refractivity contribution >= 4 is 33.5 Å². The van der Waals surface area contributed by atoms with Crippen molar-refractivity contribution in [1.82, 2.24) is 15.0 Å². The van der Waals surface area contributed by atoms with Gasteiger partial charge >= 0.3 is 0 Å². The van der Waals surface area contributed by atoms with Crippen LogP contribution in [0.1, 0.15) is 11.5 Å². The van der Waals surface area contributed by atoms with E-state index < -0.39 is 0 Å². The smallest absolute Gasteiger partial charge is 0.262 e. The zero-order chi connectivity index (χ0) is 12.4. The summed E-state index contributed by atoms with van der Waals surface area (Å²) in [5.41, 5.74) is 0.895. The van der Waals surface area contributed by atoms with Gasteiger partial charge in [-0.2, -0.15) is 0 Å². The third-order valence-corrected chi connectivity index (χ3v) is 4.05. The molecule has 1 N–H and O–H groups in total. The monoisotopic (exact) mass is 314 g/mol. The molecule has 2 rings (SSSR count). The third-order valence-electron chi connectivity index (χ3n) is 2.19. The molecule has 0 unspecified atom stereocenters. The van der Waals surface area contributed by atoms with E-state index in [1.54, 1.807) is 7.05 Å². The maximum atomic E-state index is 5.50. The minimum Gasteiger partial charge on any atom is -0.436 e. The SMILES string of the molecule is CNc1ncnc(Sc2nc(C)c(C)o2)c1Br. The molecule has 0 radical (unpaired) electrons. The number of hydrogen-bond acceptors (Lipinski definition) is 6. The first-order valence-corrected chi connectivity index (χ1v) is 6.53. The molecule has 0 aliphatic heterocycles. The van der Waals surface area contributed by atoms with E-state index in [0.29, 0.717) is 5.22 Å². The highest BCUT2D eigenvalue weighted by atomic mass is 79.9. The Hall–Kier alpha value is -1.08. The molecule has 0 saturated heterocycles. The Morgan fingerprint density at radius 3 is 2.71 bits per heavy atom. The van der Waals surface area contributed by atoms with Crippen molar-refractivity contribution in [2.45, 2.75) is 24.1 Å². The van der Waals surface area contributed by atoms with E-state index >= 15 is 0 Å². The minimum absolute atomic E-state index is 0.585. The van der Waals surface area contributed by atoms with E-state index in [9.17, 15) is 0 Å². The highest BCUT2D eigenvalue weighted by molar-refractivity contribution is 9.10. The molecule has 5 nitrogen and oxygen atoms in total. The van der Waals surface area contributed by atoms with Crippen LogP contribution in [0.3, 0.4) is 0 Å². The summed E-state index contributed by atoms with van der Waals surface area (Å²) in [6.07, 6.45) is 1.50. The first-order chi connectivity index (χ1) is 8.11. The van der Waals surface area contributed by atoms with Gasteiger partial charge in [0.15, 0.2) is 0 Å². The van der Waals surface area contributed by atoms with Crippen molar-refractivity contribution in [2.75, 3.05) is 12.4 Å². The summed E-state index contributed by atoms with van der Waals surface area (Å²) < 4.78 is 6.30. The number of oxazole rings is 1. The number of anilines is 1. The van der Waals surface area contributed by atoms with Crippen molar-refractivity contribution < 1.29 is 4.42 Å². The number of nitrogens with zero attached hydrogens (tertiary/aromatic N) is 3. The highest BCUT2D eigenvalue weighted by Crippen LogP contribution is 2.34. The van der Waals surface area contributed by atoms with E-state index in [1.807, 2.05) is 13.8 Å². The number of aromatic nitrogens is 3. The van der Waals surface area contributed by atoms with Gasteiger partial charge in [-0.15, -0.1) is 0 Å². The fraction of sp³-hybridized carbons (Fsp3) is 0.300. The lowest BCUT2D eigenvalue weighted by Gasteiger charge is -2.04. The lowest BCUT2D eigenvalue weighted by Crippen LogP contribution is -1.96. The molecule has 0 spiro atoms. The van der Waals surface area contributed by atoms with Crippen molar-refractivity contribution in [1.29, 1.82) is 0 Å². The summed E-state index contributed by atoms with van der Waals surface area (Å²) in [7, 11) is 1.81. The zero-order valence-electron chi connectivity index (χ0n) is 9.61. The van der Waals surface area contributed by atoms with Crippen LogP contribution >= 0.6 is 27.7 Å². The van der Waals surface area contributed by atoms with Gasteiger partial charge in [-0.05, 0) is 41.5 Å². The van der Waals surface area contributed by atoms with Crippen LogP contribution in [-0.2, 0) is 0 Å². The lowest BCUT2D eigenvalue weighted by atomic mass is 10.4. The molecule has 0 aromatic carbocycles. The average Bonchev–Trinajstić information content (AvgIpc) is 2.61. The van der Waals surface area contributed by atoms with Crippen molar-refractivity contribution in [2.24, 2.45) is 0 Å². The van der Waals surface area contributed by atoms with Gasteiger partial charge in [0.2, 0.25) is 0 Å². The second kappa shape index (κ2) is 5.05. The Morgan fingerprint density at radius 1 is 1.35 bits per heavy atom. The molecule has 0 saturated carbocycles. The van der Waals surface area contributed by atoms with E-state index in [2.05, 4.69) is 36.2 Å². The molecule has 17 heavy (non-hydrogen) atoms. The second-order valence-corrected chi connectivity index (χ2v) is 5.05. The number of rotatable bonds is 3. The Labute approximate surface area is 112 Å². The predicted octanol–water partition coefficient (Wildman–Crippen LogP) is 3.04. The summed E-state index contributed by atoms with van der Waals surface area (Å²) >= 11 is 4.81. The van der Waals surface area contributed by atoms with Crippen LogP contribution in [0.25, 0.3) is 0 Å². The largest absolute Gasteiger partial charge is 0.436 e. The minimum atomic E-state index is 0.585. The molecule has 0 fully saturated rings. The van der Waals surface area contributed by atoms with E-state index in [4.69, 9.17) is 4.42 Å². The summed E-state index contributed by atoms with van der Waals surface area (Å²) in [6.45, 7) is 3.80. The van der Waals surface area contributed by atoms with Gasteiger partial charge in [-0.1, -0.05) is 0 Å². The summed E-state index contributed by atoms with van der Waals surface area (Å²) in [5, 5.41) is 4.33. The molecular weight excluding hydrogens is 304 g/mol. The van der Waals surface area contributed by atoms with Gasteiger partial charge in [-0.25, -0.2) is 15.0 Å². The molecule has 2 aromatic heterocycles. The lowest BCUT2D eigenvalue weighted by molar-refractivity contribution is 0.431. The van der Waals surface area contributed by atoms with E-state index in [-0.39, 0.29) is 0 Å². The van der Waals surface area contributed by atoms with Gasteiger partial charge in [0.25, 0.3) is 5.22 Å². The molecule has 0 bridgehead atoms. The summed E-state index contributed by atoms with van der Waals surface area (Å²) in [4.78, 5) is 12.6. The average molecular weight is 315 g/mol. The molecule has 0 aliphatic rings. The Kier molecular flexibility index (Phi) is 3.68. The quantitative estimate of drug-likeness (QED) is 0.878. The standard InChI is InChI=1S/C10H11BrN4OS/c1-5-6(2)16-10(15-5)17-9-7(11)8(12-3)13-4-14-9/h4H,1-3H3,(H,12,13,14). The van der Waals surface area contributed by atoms with E-state index in [1.165, 1.54) is 18.1 Å². The van der Waals surface area contributed by atoms with Gasteiger partial charge in [0.1, 0.15) is 22.9 Å². The molecule has 7 heteroatoms. The second-order valence-electron chi connectivity index (χ2n) is 3.31. The van der Waals surface area contributed by atoms with Crippen LogP contribution in [0.15, 0.2) is 25.5 Å². The van der Waals surface area contributed by atoms with Crippen molar-refractivity contribution in [3.63, 3.8) is 0 Å². The van der Waals surface area contributed by atoms with E-state index in [0.717, 1.165) is 26.8 Å². The van der Waals surface area contributed by atoms with Crippen LogP contribution in [0, 0.1) is 13.8 Å². The number of nitrogens with one attached hydrogen (secondary N) is 1. The van der Waals surface area contributed by atoms with Crippen LogP contribution < -0.4 is 5.32 Å². The molecular formula is C10H11BrN4OS. The normalized spacial score (nSPS) is 10.6. The highest BCUT2D eigenvalue weighted by Gasteiger charge is 2.13. The van der Waals surface area contributed by atoms with Gasteiger partial charge < -0.3 is 9.73 Å². The fourth-order valence-corrected chi connectivity index (χ4v) is 2.62. The first-order valence-electron chi connectivity index (χ1n) is 4.92. The molecule has 0 atom stereocenters. The van der Waals surface area contributed by atoms with Crippen LogP contribution in [-0.4, -0.2) is 22.0 Å². The first kappa shape index (κ1) is 12.4. The fourth-order valence-electron chi connectivity index (χ4n) is 1.17. The van der Waals surface area contributed by atoms with Crippen molar-refractivity contribution in [3.05, 3.63) is 22.3 Å². The predicted molar refractivity (Wildman–Crippen MR) is 69.4 cm³/mol. The van der Waals surface area contributed by atoms with Gasteiger partial charge in [0.05, 0.1) is 10.2 Å². The molecule has 0 amide bonds. The topological polar surface area (TPSA) is 63.8 Å². The van der Waals surface area contributed by atoms with Crippen LogP contribution in [0.5, 0.6) is 0 Å². The number of halogens is 1. The van der Waals surface area contributed by atoms with Crippen LogP contribution in [0.2, 0.25) is 0 Å². The summed E-state index contributed by atoms with van der Waals surface area (Å²) in [6, 6.07) is 0. The molecule has 2 aromatic rings. The Balaban J connectivity index is 2.30. The molecule has 2 heterocycles. The molecule has 0 aliphatic carbocycles. The van der Waals surface area contributed by atoms with Gasteiger partial charge in [-0.3, -0.25) is 0 Å². The molecule has 90 valence electrons. The Morgan fingerprint density at radius 2 is 2.12 bits per heavy atom. The van der Waals surface area contributed by atoms with Gasteiger partial charge in [0, 0.05) is 7.05 Å². The summed E-state index contributed by atoms with van der Waals surface area (Å²) in [5.74, 6) is 1.56. The maximum Gasteiger partial charge on any atom is 0.262 e. The zero-order valence-corrected chi connectivity index (χ0v) is 12.0. The van der Waals surface area contributed by atoms with Crippen molar-refractivity contribution in [3.8, 4) is 0 Å². The maximum absolute atomic E-state index is 5.50. The number of aryl methyl sites for hydroxylation is 2. The Bertz CT molecular complexity index is 524. The van der Waals surface area contributed by atoms with Crippen LogP contribution in [0.4, 0.5) is 5.82 Å². The number of hydrogen-bond donors (Lipinski definition) is 1.